The summed E-state index contributed by atoms with van der Waals surface area (Å²) >= 11 is 0. The zero-order valence-corrected chi connectivity index (χ0v) is 19.5. The number of amides is 2. The first kappa shape index (κ1) is 23.4. The topological polar surface area (TPSA) is 114 Å². The van der Waals surface area contributed by atoms with Gasteiger partial charge in [0.15, 0.2) is 6.10 Å². The van der Waals surface area contributed by atoms with Gasteiger partial charge in [-0.15, -0.1) is 0 Å². The fraction of sp³-hybridized carbons (Fsp3) is 0.444. The molecule has 184 valence electrons. The number of benzene rings is 2. The second kappa shape index (κ2) is 9.70. The first-order chi connectivity index (χ1) is 17.0. The Bertz CT molecular complexity index is 1080. The SMILES string of the molecule is O=C(O)CC1(CNC(=O)C2OCCC2NC(=O)OCC2c3ccccc3-c3ccccc32)CCC1. The third kappa shape index (κ3) is 4.75. The van der Waals surface area contributed by atoms with E-state index in [9.17, 15) is 19.5 Å². The van der Waals surface area contributed by atoms with Gasteiger partial charge in [-0.05, 0) is 46.9 Å². The highest BCUT2D eigenvalue weighted by Gasteiger charge is 2.41. The van der Waals surface area contributed by atoms with Gasteiger partial charge in [-0.2, -0.15) is 0 Å². The van der Waals surface area contributed by atoms with Gasteiger partial charge in [-0.1, -0.05) is 55.0 Å². The Balaban J connectivity index is 1.16. The summed E-state index contributed by atoms with van der Waals surface area (Å²) < 4.78 is 11.2. The molecule has 2 aromatic carbocycles. The molecule has 0 spiro atoms. The molecule has 1 heterocycles. The molecule has 35 heavy (non-hydrogen) atoms. The molecule has 1 saturated carbocycles. The van der Waals surface area contributed by atoms with E-state index in [1.165, 1.54) is 0 Å². The van der Waals surface area contributed by atoms with E-state index in [1.807, 2.05) is 24.3 Å². The number of carbonyl (C=O) groups excluding carboxylic acids is 2. The lowest BCUT2D eigenvalue weighted by molar-refractivity contribution is -0.142. The van der Waals surface area contributed by atoms with Crippen molar-refractivity contribution >= 4 is 18.0 Å². The maximum atomic E-state index is 12.8. The second-order valence-corrected chi connectivity index (χ2v) is 9.80. The van der Waals surface area contributed by atoms with Crippen LogP contribution < -0.4 is 10.6 Å². The van der Waals surface area contributed by atoms with Crippen LogP contribution in [0.25, 0.3) is 11.1 Å². The summed E-state index contributed by atoms with van der Waals surface area (Å²) in [5, 5.41) is 14.8. The molecule has 2 amide bonds. The van der Waals surface area contributed by atoms with Gasteiger partial charge in [0, 0.05) is 19.1 Å². The van der Waals surface area contributed by atoms with Crippen molar-refractivity contribution in [1.29, 1.82) is 0 Å². The predicted molar refractivity (Wildman–Crippen MR) is 128 cm³/mol. The first-order valence-electron chi connectivity index (χ1n) is 12.2. The van der Waals surface area contributed by atoms with Crippen LogP contribution in [0.2, 0.25) is 0 Å². The highest BCUT2D eigenvalue weighted by molar-refractivity contribution is 5.83. The minimum atomic E-state index is -0.856. The van der Waals surface area contributed by atoms with Gasteiger partial charge < -0.3 is 25.2 Å². The summed E-state index contributed by atoms with van der Waals surface area (Å²) in [6.07, 6.45) is 1.68. The zero-order valence-electron chi connectivity index (χ0n) is 19.5. The normalized spacial score (nSPS) is 21.9. The van der Waals surface area contributed by atoms with Crippen LogP contribution in [0, 0.1) is 5.41 Å². The van der Waals surface area contributed by atoms with Crippen molar-refractivity contribution in [2.75, 3.05) is 19.8 Å². The molecule has 2 fully saturated rings. The quantitative estimate of drug-likeness (QED) is 0.536. The molecule has 0 radical (unpaired) electrons. The van der Waals surface area contributed by atoms with Crippen molar-refractivity contribution in [3.05, 3.63) is 59.7 Å². The fourth-order valence-corrected chi connectivity index (χ4v) is 5.58. The van der Waals surface area contributed by atoms with Gasteiger partial charge in [0.05, 0.1) is 12.5 Å². The minimum Gasteiger partial charge on any atom is -0.481 e. The molecule has 1 saturated heterocycles. The highest BCUT2D eigenvalue weighted by atomic mass is 16.6. The molecule has 3 aliphatic rings. The lowest BCUT2D eigenvalue weighted by Crippen LogP contribution is -2.51. The summed E-state index contributed by atoms with van der Waals surface area (Å²) in [6.45, 7) is 0.852. The molecule has 2 unspecified atom stereocenters. The standard InChI is InChI=1S/C27H30N2O6/c30-23(31)14-27(11-5-12-27)16-28-25(32)24-22(10-13-34-24)29-26(33)35-15-21-19-8-3-1-6-17(19)18-7-2-4-9-20(18)21/h1-4,6-9,21-22,24H,5,10-16H2,(H,28,32)(H,29,33)(H,30,31). The number of alkyl carbamates (subject to hydrolysis) is 1. The molecule has 2 aliphatic carbocycles. The Hall–Kier alpha value is -3.39. The number of fused-ring (bicyclic) bond motifs is 3. The molecular formula is C27H30N2O6. The molecule has 3 N–H and O–H groups in total. The number of ether oxygens (including phenoxy) is 2. The van der Waals surface area contributed by atoms with Crippen LogP contribution in [0.15, 0.2) is 48.5 Å². The molecule has 5 rings (SSSR count). The van der Waals surface area contributed by atoms with Gasteiger partial charge in [0.1, 0.15) is 6.61 Å². The Morgan fingerprint density at radius 1 is 1.03 bits per heavy atom. The lowest BCUT2D eigenvalue weighted by atomic mass is 9.66. The van der Waals surface area contributed by atoms with E-state index in [2.05, 4.69) is 34.9 Å². The van der Waals surface area contributed by atoms with Gasteiger partial charge in [-0.25, -0.2) is 4.79 Å². The number of nitrogens with one attached hydrogen (secondary N) is 2. The van der Waals surface area contributed by atoms with E-state index in [-0.39, 0.29) is 30.3 Å². The first-order valence-corrected chi connectivity index (χ1v) is 12.2. The zero-order chi connectivity index (χ0) is 24.4. The fourth-order valence-electron chi connectivity index (χ4n) is 5.58. The molecule has 8 nitrogen and oxygen atoms in total. The number of hydrogen-bond donors (Lipinski definition) is 3. The highest BCUT2D eigenvalue weighted by Crippen LogP contribution is 2.45. The van der Waals surface area contributed by atoms with E-state index in [4.69, 9.17) is 9.47 Å². The van der Waals surface area contributed by atoms with Crippen LogP contribution in [-0.4, -0.2) is 55.0 Å². The maximum Gasteiger partial charge on any atom is 0.407 e. The van der Waals surface area contributed by atoms with E-state index >= 15 is 0 Å². The smallest absolute Gasteiger partial charge is 0.407 e. The number of aliphatic carboxylic acids is 1. The Kier molecular flexibility index (Phi) is 6.47. The third-order valence-electron chi connectivity index (χ3n) is 7.58. The van der Waals surface area contributed by atoms with Crippen molar-refractivity contribution in [1.82, 2.24) is 10.6 Å². The molecular weight excluding hydrogens is 448 g/mol. The van der Waals surface area contributed by atoms with E-state index in [0.717, 1.165) is 41.5 Å². The number of carboxylic acid groups (broad SMARTS) is 1. The number of rotatable bonds is 8. The van der Waals surface area contributed by atoms with Crippen molar-refractivity contribution < 1.29 is 29.0 Å². The molecule has 1 aliphatic heterocycles. The van der Waals surface area contributed by atoms with Crippen LogP contribution in [0.1, 0.15) is 49.1 Å². The van der Waals surface area contributed by atoms with Crippen molar-refractivity contribution in [2.24, 2.45) is 5.41 Å². The number of hydrogen-bond acceptors (Lipinski definition) is 5. The third-order valence-corrected chi connectivity index (χ3v) is 7.58. The van der Waals surface area contributed by atoms with Crippen molar-refractivity contribution in [2.45, 2.75) is 50.2 Å². The van der Waals surface area contributed by atoms with Crippen molar-refractivity contribution in [3.8, 4) is 11.1 Å². The summed E-state index contributed by atoms with van der Waals surface area (Å²) in [4.78, 5) is 36.6. The van der Waals surface area contributed by atoms with E-state index in [1.54, 1.807) is 0 Å². The van der Waals surface area contributed by atoms with E-state index < -0.39 is 24.2 Å². The van der Waals surface area contributed by atoms with E-state index in [0.29, 0.717) is 19.6 Å². The van der Waals surface area contributed by atoms with Crippen LogP contribution in [0.4, 0.5) is 4.79 Å². The summed E-state index contributed by atoms with van der Waals surface area (Å²) in [5.41, 5.74) is 4.20. The van der Waals surface area contributed by atoms with Gasteiger partial charge in [0.2, 0.25) is 0 Å². The van der Waals surface area contributed by atoms with Crippen LogP contribution in [0.3, 0.4) is 0 Å². The largest absolute Gasteiger partial charge is 0.481 e. The predicted octanol–water partition coefficient (Wildman–Crippen LogP) is 3.44. The Labute approximate surface area is 204 Å². The molecule has 2 aromatic rings. The maximum absolute atomic E-state index is 12.8. The molecule has 2 atom stereocenters. The van der Waals surface area contributed by atoms with Crippen LogP contribution in [0.5, 0.6) is 0 Å². The second-order valence-electron chi connectivity index (χ2n) is 9.80. The van der Waals surface area contributed by atoms with Crippen LogP contribution in [-0.2, 0) is 19.1 Å². The number of carbonyl (C=O) groups is 3. The number of carboxylic acids is 1. The lowest BCUT2D eigenvalue weighted by Gasteiger charge is -2.41. The Morgan fingerprint density at radius 3 is 2.29 bits per heavy atom. The van der Waals surface area contributed by atoms with Gasteiger partial charge in [0.25, 0.3) is 5.91 Å². The van der Waals surface area contributed by atoms with Gasteiger partial charge >= 0.3 is 12.1 Å². The van der Waals surface area contributed by atoms with Gasteiger partial charge in [-0.3, -0.25) is 9.59 Å². The van der Waals surface area contributed by atoms with Crippen LogP contribution >= 0.6 is 0 Å². The summed E-state index contributed by atoms with van der Waals surface area (Å²) in [6, 6.07) is 15.8. The average molecular weight is 479 g/mol. The molecule has 0 aromatic heterocycles. The average Bonchev–Trinajstić information content (AvgIpc) is 3.41. The summed E-state index contributed by atoms with van der Waals surface area (Å²) in [5.74, 6) is -1.23. The summed E-state index contributed by atoms with van der Waals surface area (Å²) in [7, 11) is 0. The Morgan fingerprint density at radius 2 is 1.69 bits per heavy atom. The minimum absolute atomic E-state index is 0.0417. The van der Waals surface area contributed by atoms with Crippen molar-refractivity contribution in [3.63, 3.8) is 0 Å². The monoisotopic (exact) mass is 478 g/mol. The molecule has 8 heteroatoms. The molecule has 0 bridgehead atoms.